The quantitative estimate of drug-likeness (QED) is 0.769. The van der Waals surface area contributed by atoms with Crippen LogP contribution in [0.2, 0.25) is 10.0 Å². The van der Waals surface area contributed by atoms with E-state index in [2.05, 4.69) is 5.32 Å². The van der Waals surface area contributed by atoms with E-state index in [4.69, 9.17) is 28.9 Å². The van der Waals surface area contributed by atoms with E-state index in [9.17, 15) is 9.59 Å². The number of benzene rings is 1. The van der Waals surface area contributed by atoms with Gasteiger partial charge in [-0.2, -0.15) is 0 Å². The zero-order chi connectivity index (χ0) is 17.0. The van der Waals surface area contributed by atoms with E-state index in [0.29, 0.717) is 26.2 Å². The molecule has 0 fully saturated rings. The van der Waals surface area contributed by atoms with Crippen molar-refractivity contribution in [2.45, 2.75) is 13.3 Å². The van der Waals surface area contributed by atoms with Crippen LogP contribution >= 0.6 is 34.5 Å². The van der Waals surface area contributed by atoms with Gasteiger partial charge in [-0.15, -0.1) is 11.3 Å². The van der Waals surface area contributed by atoms with Gasteiger partial charge in [0.15, 0.2) is 0 Å². The Morgan fingerprint density at radius 2 is 2.04 bits per heavy atom. The second-order valence-corrected chi connectivity index (χ2v) is 6.64. The van der Waals surface area contributed by atoms with Gasteiger partial charge in [0.2, 0.25) is 5.91 Å². The molecule has 0 spiro atoms. The topological polar surface area (TPSA) is 72.2 Å². The molecule has 0 unspecified atom stereocenters. The molecule has 1 aromatic carbocycles. The van der Waals surface area contributed by atoms with Crippen LogP contribution in [0.4, 0.5) is 5.00 Å². The number of hydrogen-bond acceptors (Lipinski definition) is 3. The summed E-state index contributed by atoms with van der Waals surface area (Å²) in [4.78, 5) is 24.4. The first-order chi connectivity index (χ1) is 10.9. The molecule has 1 heterocycles. The maximum absolute atomic E-state index is 12.0. The molecule has 0 saturated heterocycles. The Hall–Kier alpha value is -1.82. The van der Waals surface area contributed by atoms with Crippen molar-refractivity contribution in [2.75, 3.05) is 5.32 Å². The molecule has 7 heteroatoms. The lowest BCUT2D eigenvalue weighted by molar-refractivity contribution is -0.111. The van der Waals surface area contributed by atoms with Crippen molar-refractivity contribution < 1.29 is 9.59 Å². The third kappa shape index (κ3) is 4.58. The van der Waals surface area contributed by atoms with Gasteiger partial charge in [0, 0.05) is 21.0 Å². The van der Waals surface area contributed by atoms with Crippen molar-refractivity contribution in [1.82, 2.24) is 0 Å². The minimum Gasteiger partial charge on any atom is -0.366 e. The summed E-state index contributed by atoms with van der Waals surface area (Å²) in [7, 11) is 0. The van der Waals surface area contributed by atoms with Crippen LogP contribution in [0.5, 0.6) is 0 Å². The van der Waals surface area contributed by atoms with Crippen LogP contribution in [0, 0.1) is 0 Å². The van der Waals surface area contributed by atoms with Gasteiger partial charge in [0.25, 0.3) is 5.91 Å². The number of primary amides is 1. The maximum Gasteiger partial charge on any atom is 0.251 e. The summed E-state index contributed by atoms with van der Waals surface area (Å²) in [5.74, 6) is -0.941. The van der Waals surface area contributed by atoms with E-state index < -0.39 is 5.91 Å². The number of carbonyl (C=O) groups is 2. The Morgan fingerprint density at radius 3 is 2.65 bits per heavy atom. The van der Waals surface area contributed by atoms with E-state index in [1.807, 2.05) is 6.92 Å². The molecular weight excluding hydrogens is 355 g/mol. The molecule has 0 aliphatic carbocycles. The van der Waals surface area contributed by atoms with Gasteiger partial charge in [-0.05, 0) is 36.3 Å². The zero-order valence-electron chi connectivity index (χ0n) is 12.2. The number of rotatable bonds is 5. The van der Waals surface area contributed by atoms with Gasteiger partial charge in [-0.3, -0.25) is 9.59 Å². The van der Waals surface area contributed by atoms with Crippen LogP contribution < -0.4 is 11.1 Å². The number of aryl methyl sites for hydroxylation is 1. The zero-order valence-corrected chi connectivity index (χ0v) is 14.6. The van der Waals surface area contributed by atoms with Crippen LogP contribution in [0.3, 0.4) is 0 Å². The Balaban J connectivity index is 2.14. The molecule has 0 aliphatic rings. The molecule has 1 aromatic heterocycles. The van der Waals surface area contributed by atoms with Crippen molar-refractivity contribution in [3.05, 3.63) is 56.4 Å². The molecule has 120 valence electrons. The lowest BCUT2D eigenvalue weighted by Gasteiger charge is -2.01. The fourth-order valence-electron chi connectivity index (χ4n) is 1.85. The molecule has 2 aromatic rings. The minimum atomic E-state index is -0.569. The third-order valence-corrected chi connectivity index (χ3v) is 4.77. The number of thiophene rings is 1. The second kappa shape index (κ2) is 7.64. The van der Waals surface area contributed by atoms with Gasteiger partial charge in [0.05, 0.1) is 5.56 Å². The van der Waals surface area contributed by atoms with Crippen LogP contribution in [-0.2, 0) is 11.2 Å². The molecular formula is C16H14Cl2N2O2S. The number of hydrogen-bond donors (Lipinski definition) is 2. The van der Waals surface area contributed by atoms with E-state index in [1.165, 1.54) is 17.4 Å². The summed E-state index contributed by atoms with van der Waals surface area (Å²) in [6.07, 6.45) is 3.68. The highest BCUT2D eigenvalue weighted by Crippen LogP contribution is 2.28. The number of anilines is 1. The highest BCUT2D eigenvalue weighted by molar-refractivity contribution is 7.16. The smallest absolute Gasteiger partial charge is 0.251 e. The molecule has 23 heavy (non-hydrogen) atoms. The van der Waals surface area contributed by atoms with Gasteiger partial charge in [-0.25, -0.2) is 0 Å². The maximum atomic E-state index is 12.0. The number of halogens is 2. The average Bonchev–Trinajstić information content (AvgIpc) is 2.89. The lowest BCUT2D eigenvalue weighted by Crippen LogP contribution is -2.14. The van der Waals surface area contributed by atoms with Crippen LogP contribution in [0.1, 0.15) is 27.7 Å². The summed E-state index contributed by atoms with van der Waals surface area (Å²) >= 11 is 13.2. The van der Waals surface area contributed by atoms with Gasteiger partial charge >= 0.3 is 0 Å². The van der Waals surface area contributed by atoms with Crippen molar-refractivity contribution in [1.29, 1.82) is 0 Å². The number of nitrogens with one attached hydrogen (secondary N) is 1. The van der Waals surface area contributed by atoms with E-state index in [0.717, 1.165) is 11.3 Å². The summed E-state index contributed by atoms with van der Waals surface area (Å²) in [6.45, 7) is 1.96. The van der Waals surface area contributed by atoms with Gasteiger partial charge in [-0.1, -0.05) is 36.2 Å². The first-order valence-electron chi connectivity index (χ1n) is 6.77. The molecule has 0 radical (unpaired) electrons. The summed E-state index contributed by atoms with van der Waals surface area (Å²) < 4.78 is 0. The van der Waals surface area contributed by atoms with Crippen LogP contribution in [0.15, 0.2) is 30.3 Å². The van der Waals surface area contributed by atoms with Crippen molar-refractivity contribution >= 4 is 57.4 Å². The van der Waals surface area contributed by atoms with E-state index in [-0.39, 0.29) is 5.91 Å². The normalized spacial score (nSPS) is 10.9. The minimum absolute atomic E-state index is 0.318. The van der Waals surface area contributed by atoms with Crippen LogP contribution in [0.25, 0.3) is 6.08 Å². The summed E-state index contributed by atoms with van der Waals surface area (Å²) in [6, 6.07) is 6.69. The van der Waals surface area contributed by atoms with E-state index in [1.54, 1.807) is 30.3 Å². The van der Waals surface area contributed by atoms with Gasteiger partial charge in [0.1, 0.15) is 5.00 Å². The average molecular weight is 369 g/mol. The molecule has 0 atom stereocenters. The Kier molecular flexibility index (Phi) is 5.82. The SMILES string of the molecule is CCc1cc(C(N)=O)c(NC(=O)/C=C/c2ccc(Cl)cc2Cl)s1. The van der Waals surface area contributed by atoms with Crippen LogP contribution in [-0.4, -0.2) is 11.8 Å². The predicted octanol–water partition coefficient (Wildman–Crippen LogP) is 4.37. The second-order valence-electron chi connectivity index (χ2n) is 4.66. The first-order valence-corrected chi connectivity index (χ1v) is 8.34. The Bertz CT molecular complexity index is 784. The largest absolute Gasteiger partial charge is 0.366 e. The fourth-order valence-corrected chi connectivity index (χ4v) is 3.32. The Morgan fingerprint density at radius 1 is 1.30 bits per heavy atom. The third-order valence-electron chi connectivity index (χ3n) is 3.01. The molecule has 2 amide bonds. The standard InChI is InChI=1S/C16H14Cl2N2O2S/c1-2-11-8-12(15(19)22)16(23-11)20-14(21)6-4-9-3-5-10(17)7-13(9)18/h3-8H,2H2,1H3,(H2,19,22)(H,20,21)/b6-4+. The fraction of sp³-hybridized carbons (Fsp3) is 0.125. The number of amides is 2. The summed E-state index contributed by atoms with van der Waals surface area (Å²) in [5, 5.41) is 4.09. The molecule has 0 saturated carbocycles. The van der Waals surface area contributed by atoms with Crippen molar-refractivity contribution in [2.24, 2.45) is 5.73 Å². The lowest BCUT2D eigenvalue weighted by atomic mass is 10.2. The highest BCUT2D eigenvalue weighted by atomic mass is 35.5. The first kappa shape index (κ1) is 17.5. The predicted molar refractivity (Wildman–Crippen MR) is 96.3 cm³/mol. The molecule has 0 bridgehead atoms. The highest BCUT2D eigenvalue weighted by Gasteiger charge is 2.14. The van der Waals surface area contributed by atoms with E-state index >= 15 is 0 Å². The Labute approximate surface area is 147 Å². The monoisotopic (exact) mass is 368 g/mol. The summed E-state index contributed by atoms with van der Waals surface area (Å²) in [5.41, 5.74) is 6.31. The number of carbonyl (C=O) groups excluding carboxylic acids is 2. The molecule has 0 aliphatic heterocycles. The molecule has 2 rings (SSSR count). The molecule has 3 N–H and O–H groups in total. The number of nitrogens with two attached hydrogens (primary N) is 1. The van der Waals surface area contributed by atoms with Gasteiger partial charge < -0.3 is 11.1 Å². The molecule has 4 nitrogen and oxygen atoms in total. The van der Waals surface area contributed by atoms with Crippen molar-refractivity contribution in [3.8, 4) is 0 Å². The van der Waals surface area contributed by atoms with Crippen molar-refractivity contribution in [3.63, 3.8) is 0 Å².